The number of hydrogen-bond donors (Lipinski definition) is 0. The van der Waals surface area contributed by atoms with Crippen molar-refractivity contribution in [2.45, 2.75) is 31.3 Å². The predicted molar refractivity (Wildman–Crippen MR) is 127 cm³/mol. The van der Waals surface area contributed by atoms with Gasteiger partial charge >= 0.3 is 0 Å². The highest BCUT2D eigenvalue weighted by Crippen LogP contribution is 2.34. The topological polar surface area (TPSA) is 92.6 Å². The van der Waals surface area contributed by atoms with E-state index < -0.39 is 10.0 Å². The van der Waals surface area contributed by atoms with Crippen molar-refractivity contribution in [3.63, 3.8) is 0 Å². The first-order valence-electron chi connectivity index (χ1n) is 9.93. The van der Waals surface area contributed by atoms with Crippen LogP contribution < -0.4 is 0 Å². The average molecular weight is 491 g/mol. The van der Waals surface area contributed by atoms with Gasteiger partial charge in [0.1, 0.15) is 5.82 Å². The van der Waals surface area contributed by atoms with Crippen LogP contribution in [0.3, 0.4) is 0 Å². The molecule has 3 aromatic rings. The number of rotatable bonds is 7. The lowest BCUT2D eigenvalue weighted by molar-refractivity contribution is -0.123. The van der Waals surface area contributed by atoms with Gasteiger partial charge in [0.15, 0.2) is 0 Å². The summed E-state index contributed by atoms with van der Waals surface area (Å²) in [6, 6.07) is 8.59. The molecule has 0 unspecified atom stereocenters. The molecular weight excluding hydrogens is 468 g/mol. The Kier molecular flexibility index (Phi) is 6.26. The zero-order valence-corrected chi connectivity index (χ0v) is 20.3. The maximum Gasteiger partial charge on any atom is 0.293 e. The van der Waals surface area contributed by atoms with Crippen LogP contribution in [0.4, 0.5) is 4.79 Å². The summed E-state index contributed by atoms with van der Waals surface area (Å²) in [5.41, 5.74) is 1.28. The highest BCUT2D eigenvalue weighted by atomic mass is 32.2. The van der Waals surface area contributed by atoms with Crippen molar-refractivity contribution < 1.29 is 18.0 Å². The SMILES string of the molecule is CCCn1c(CN2C(=O)SC(=Cc3cccs3)C2=O)nc2cc(S(=O)(=O)N(C)C)ccc21. The van der Waals surface area contributed by atoms with Gasteiger partial charge < -0.3 is 4.57 Å². The molecule has 32 heavy (non-hydrogen) atoms. The number of thiophene rings is 1. The Morgan fingerprint density at radius 2 is 1.97 bits per heavy atom. The van der Waals surface area contributed by atoms with E-state index >= 15 is 0 Å². The van der Waals surface area contributed by atoms with Gasteiger partial charge in [-0.15, -0.1) is 11.3 Å². The van der Waals surface area contributed by atoms with Gasteiger partial charge in [-0.05, 0) is 53.9 Å². The summed E-state index contributed by atoms with van der Waals surface area (Å²) < 4.78 is 28.1. The molecule has 2 aromatic heterocycles. The predicted octanol–water partition coefficient (Wildman–Crippen LogP) is 3.99. The van der Waals surface area contributed by atoms with Crippen LogP contribution in [0.25, 0.3) is 17.1 Å². The quantitative estimate of drug-likeness (QED) is 0.465. The van der Waals surface area contributed by atoms with E-state index in [4.69, 9.17) is 0 Å². The Bertz CT molecular complexity index is 1320. The number of amides is 2. The number of carbonyl (C=O) groups is 2. The summed E-state index contributed by atoms with van der Waals surface area (Å²) in [5, 5.41) is 1.57. The standard InChI is InChI=1S/C21H22N4O4S3/c1-4-9-24-17-8-7-15(32(28,29)23(2)3)12-16(17)22-19(24)13-25-20(26)18(31-21(25)27)11-14-6-5-10-30-14/h5-8,10-12H,4,9,13H2,1-3H3. The second kappa shape index (κ2) is 8.81. The first kappa shape index (κ1) is 22.7. The maximum absolute atomic E-state index is 12.9. The van der Waals surface area contributed by atoms with Crippen molar-refractivity contribution >= 4 is 61.4 Å². The van der Waals surface area contributed by atoms with Gasteiger partial charge in [-0.1, -0.05) is 13.0 Å². The van der Waals surface area contributed by atoms with Crippen molar-refractivity contribution in [3.05, 3.63) is 51.3 Å². The second-order valence-electron chi connectivity index (χ2n) is 7.40. The second-order valence-corrected chi connectivity index (χ2v) is 11.5. The van der Waals surface area contributed by atoms with Crippen LogP contribution in [-0.2, 0) is 27.9 Å². The Morgan fingerprint density at radius 3 is 2.62 bits per heavy atom. The molecule has 0 atom stereocenters. The lowest BCUT2D eigenvalue weighted by atomic mass is 10.3. The van der Waals surface area contributed by atoms with Crippen LogP contribution in [-0.4, -0.2) is 52.4 Å². The molecule has 2 amide bonds. The fraction of sp³-hybridized carbons (Fsp3) is 0.286. The van der Waals surface area contributed by atoms with Gasteiger partial charge in [0, 0.05) is 25.5 Å². The minimum absolute atomic E-state index is 0.0247. The molecule has 0 saturated carbocycles. The van der Waals surface area contributed by atoms with E-state index in [0.717, 1.165) is 32.9 Å². The van der Waals surface area contributed by atoms with E-state index in [0.29, 0.717) is 22.8 Å². The molecule has 0 radical (unpaired) electrons. The number of aromatic nitrogens is 2. The number of carbonyl (C=O) groups excluding carboxylic acids is 2. The van der Waals surface area contributed by atoms with Gasteiger partial charge in [-0.3, -0.25) is 14.5 Å². The van der Waals surface area contributed by atoms with E-state index in [1.807, 2.05) is 29.0 Å². The molecular formula is C21H22N4O4S3. The molecule has 1 aliphatic rings. The average Bonchev–Trinajstić information content (AvgIpc) is 3.44. The van der Waals surface area contributed by atoms with Crippen molar-refractivity contribution in [1.82, 2.24) is 18.8 Å². The van der Waals surface area contributed by atoms with Crippen LogP contribution in [0.5, 0.6) is 0 Å². The first-order valence-corrected chi connectivity index (χ1v) is 13.1. The molecule has 1 fully saturated rings. The smallest absolute Gasteiger partial charge is 0.293 e. The summed E-state index contributed by atoms with van der Waals surface area (Å²) in [7, 11) is -0.648. The molecule has 0 aliphatic carbocycles. The van der Waals surface area contributed by atoms with E-state index in [2.05, 4.69) is 4.98 Å². The number of benzene rings is 1. The van der Waals surface area contributed by atoms with Crippen LogP contribution in [0.1, 0.15) is 24.0 Å². The highest BCUT2D eigenvalue weighted by Gasteiger charge is 2.36. The molecule has 168 valence electrons. The zero-order chi connectivity index (χ0) is 23.0. The van der Waals surface area contributed by atoms with Crippen LogP contribution in [0.2, 0.25) is 0 Å². The van der Waals surface area contributed by atoms with Gasteiger partial charge in [0.25, 0.3) is 11.1 Å². The minimum atomic E-state index is -3.60. The monoisotopic (exact) mass is 490 g/mol. The summed E-state index contributed by atoms with van der Waals surface area (Å²) in [6.07, 6.45) is 2.54. The maximum atomic E-state index is 12.9. The van der Waals surface area contributed by atoms with E-state index in [1.54, 1.807) is 18.2 Å². The minimum Gasteiger partial charge on any atom is -0.326 e. The third-order valence-corrected chi connectivity index (χ3v) is 8.55. The summed E-state index contributed by atoms with van der Waals surface area (Å²) in [5.74, 6) is 0.195. The summed E-state index contributed by atoms with van der Waals surface area (Å²) in [6.45, 7) is 2.67. The summed E-state index contributed by atoms with van der Waals surface area (Å²) >= 11 is 2.41. The van der Waals surface area contributed by atoms with Crippen LogP contribution in [0.15, 0.2) is 45.5 Å². The van der Waals surface area contributed by atoms with Crippen LogP contribution >= 0.6 is 23.1 Å². The third kappa shape index (κ3) is 4.13. The lowest BCUT2D eigenvalue weighted by Gasteiger charge is -2.14. The Hall–Kier alpha value is -2.47. The molecule has 11 heteroatoms. The Balaban J connectivity index is 1.70. The molecule has 8 nitrogen and oxygen atoms in total. The molecule has 4 rings (SSSR count). The van der Waals surface area contributed by atoms with Gasteiger partial charge in [0.05, 0.1) is 27.4 Å². The lowest BCUT2D eigenvalue weighted by Crippen LogP contribution is -2.29. The number of aryl methyl sites for hydroxylation is 1. The number of sulfonamides is 1. The van der Waals surface area contributed by atoms with Crippen molar-refractivity contribution in [2.24, 2.45) is 0 Å². The number of imide groups is 1. The third-order valence-electron chi connectivity index (χ3n) is 5.01. The fourth-order valence-corrected chi connectivity index (χ4v) is 5.89. The number of thioether (sulfide) groups is 1. The normalized spacial score (nSPS) is 16.2. The Labute approximate surface area is 194 Å². The zero-order valence-electron chi connectivity index (χ0n) is 17.8. The van der Waals surface area contributed by atoms with Gasteiger partial charge in [0.2, 0.25) is 10.0 Å². The summed E-state index contributed by atoms with van der Waals surface area (Å²) in [4.78, 5) is 32.7. The Morgan fingerprint density at radius 1 is 1.19 bits per heavy atom. The van der Waals surface area contributed by atoms with Crippen molar-refractivity contribution in [2.75, 3.05) is 14.1 Å². The first-order chi connectivity index (χ1) is 15.2. The van der Waals surface area contributed by atoms with E-state index in [9.17, 15) is 18.0 Å². The molecule has 1 aromatic carbocycles. The molecule has 1 aliphatic heterocycles. The number of imidazole rings is 1. The number of nitrogens with zero attached hydrogens (tertiary/aromatic N) is 4. The molecule has 0 bridgehead atoms. The van der Waals surface area contributed by atoms with E-state index in [-0.39, 0.29) is 22.6 Å². The number of fused-ring (bicyclic) bond motifs is 1. The van der Waals surface area contributed by atoms with Gasteiger partial charge in [-0.25, -0.2) is 17.7 Å². The fourth-order valence-electron chi connectivity index (χ4n) is 3.40. The largest absolute Gasteiger partial charge is 0.326 e. The van der Waals surface area contributed by atoms with Gasteiger partial charge in [-0.2, -0.15) is 0 Å². The number of hydrogen-bond acceptors (Lipinski definition) is 7. The van der Waals surface area contributed by atoms with Crippen molar-refractivity contribution in [3.8, 4) is 0 Å². The van der Waals surface area contributed by atoms with Crippen LogP contribution in [0, 0.1) is 0 Å². The highest BCUT2D eigenvalue weighted by molar-refractivity contribution is 8.18. The molecule has 3 heterocycles. The molecule has 1 saturated heterocycles. The van der Waals surface area contributed by atoms with E-state index in [1.165, 1.54) is 36.4 Å². The molecule has 0 spiro atoms. The molecule has 0 N–H and O–H groups in total. The van der Waals surface area contributed by atoms with Crippen molar-refractivity contribution in [1.29, 1.82) is 0 Å².